The maximum absolute atomic E-state index is 12.8. The highest BCUT2D eigenvalue weighted by Gasteiger charge is 2.50. The number of benzene rings is 1. The van der Waals surface area contributed by atoms with Crippen LogP contribution in [0, 0.1) is 32.6 Å². The number of likely N-dealkylation sites (tertiary alicyclic amines) is 1. The fourth-order valence-corrected chi connectivity index (χ4v) is 5.27. The minimum atomic E-state index is -0.870. The first-order chi connectivity index (χ1) is 14.3. The van der Waals surface area contributed by atoms with Crippen LogP contribution in [-0.4, -0.2) is 33.6 Å². The van der Waals surface area contributed by atoms with Gasteiger partial charge in [0.15, 0.2) is 5.13 Å². The molecule has 3 amide bonds. The lowest BCUT2D eigenvalue weighted by Gasteiger charge is -2.21. The predicted octanol–water partition coefficient (Wildman–Crippen LogP) is 4.01. The number of carbonyl (C=O) groups excluding carboxylic acids is 3. The molecule has 156 valence electrons. The highest BCUT2D eigenvalue weighted by atomic mass is 32.1. The molecule has 4 rings (SSSR count). The van der Waals surface area contributed by atoms with E-state index in [0.29, 0.717) is 18.0 Å². The zero-order chi connectivity index (χ0) is 21.6. The van der Waals surface area contributed by atoms with Crippen LogP contribution in [0.3, 0.4) is 0 Å². The van der Waals surface area contributed by atoms with Gasteiger partial charge < -0.3 is 5.32 Å². The first-order valence-corrected chi connectivity index (χ1v) is 11.0. The molecule has 1 saturated heterocycles. The Hall–Kier alpha value is -2.80. The van der Waals surface area contributed by atoms with Crippen molar-refractivity contribution in [1.82, 2.24) is 9.88 Å². The summed E-state index contributed by atoms with van der Waals surface area (Å²) in [5.41, 5.74) is 5.33. The van der Waals surface area contributed by atoms with E-state index in [2.05, 4.69) is 29.4 Å². The second-order valence-corrected chi connectivity index (χ2v) is 9.04. The molecule has 6 nitrogen and oxygen atoms in total. The second-order valence-electron chi connectivity index (χ2n) is 8.18. The number of rotatable bonds is 4. The Bertz CT molecular complexity index is 1020. The maximum Gasteiger partial charge on any atom is 0.249 e. The number of fused-ring (bicyclic) bond motifs is 1. The van der Waals surface area contributed by atoms with E-state index in [9.17, 15) is 14.4 Å². The number of aryl methyl sites for hydroxylation is 3. The Labute approximate surface area is 180 Å². The largest absolute Gasteiger partial charge is 0.300 e. The summed E-state index contributed by atoms with van der Waals surface area (Å²) in [5.74, 6) is -1.57. The minimum absolute atomic E-state index is 0.247. The molecule has 1 N–H and O–H groups in total. The third-order valence-corrected chi connectivity index (χ3v) is 6.73. The zero-order valence-corrected chi connectivity index (χ0v) is 18.4. The van der Waals surface area contributed by atoms with Crippen LogP contribution in [0.2, 0.25) is 0 Å². The van der Waals surface area contributed by atoms with Crippen molar-refractivity contribution in [1.29, 1.82) is 0 Å². The van der Waals surface area contributed by atoms with E-state index >= 15 is 0 Å². The minimum Gasteiger partial charge on any atom is -0.300 e. The number of hydrogen-bond acceptors (Lipinski definition) is 5. The first-order valence-electron chi connectivity index (χ1n) is 10.1. The molecule has 1 aromatic heterocycles. The number of thiazole rings is 1. The normalized spacial score (nSPS) is 21.7. The molecule has 7 heteroatoms. The van der Waals surface area contributed by atoms with Crippen LogP contribution >= 0.6 is 11.3 Å². The molecule has 0 unspecified atom stereocenters. The van der Waals surface area contributed by atoms with Crippen LogP contribution in [0.25, 0.3) is 11.3 Å². The molecule has 0 radical (unpaired) electrons. The molecule has 0 spiro atoms. The molecule has 1 aliphatic heterocycles. The first kappa shape index (κ1) is 20.5. The van der Waals surface area contributed by atoms with Gasteiger partial charge in [-0.2, -0.15) is 0 Å². The third-order valence-electron chi connectivity index (χ3n) is 5.98. The Kier molecular flexibility index (Phi) is 5.32. The SMILES string of the molecule is Cc1cc(C)c(-c2csc(NC(=O)[C@H](C)N3C(=O)[C@H]4CC=CC[C@H]4C3=O)n2)c(C)c1. The number of carbonyl (C=O) groups is 3. The second kappa shape index (κ2) is 7.80. The Morgan fingerprint density at radius 2 is 1.67 bits per heavy atom. The summed E-state index contributed by atoms with van der Waals surface area (Å²) in [4.78, 5) is 44.0. The van der Waals surface area contributed by atoms with Crippen molar-refractivity contribution < 1.29 is 14.4 Å². The average molecular weight is 424 g/mol. The quantitative estimate of drug-likeness (QED) is 0.595. The van der Waals surface area contributed by atoms with Gasteiger partial charge >= 0.3 is 0 Å². The molecule has 1 aromatic carbocycles. The summed E-state index contributed by atoms with van der Waals surface area (Å²) in [5, 5.41) is 5.16. The fraction of sp³-hybridized carbons (Fsp3) is 0.391. The van der Waals surface area contributed by atoms with Gasteiger partial charge in [0.1, 0.15) is 6.04 Å². The molecule has 2 aromatic rings. The van der Waals surface area contributed by atoms with Crippen molar-refractivity contribution in [3.8, 4) is 11.3 Å². The van der Waals surface area contributed by atoms with Gasteiger partial charge in [0.05, 0.1) is 17.5 Å². The number of amides is 3. The van der Waals surface area contributed by atoms with Gasteiger partial charge in [-0.3, -0.25) is 19.3 Å². The lowest BCUT2D eigenvalue weighted by atomic mass is 9.85. The number of anilines is 1. The Morgan fingerprint density at radius 3 is 2.23 bits per heavy atom. The zero-order valence-electron chi connectivity index (χ0n) is 17.6. The molecule has 1 fully saturated rings. The van der Waals surface area contributed by atoms with E-state index in [1.165, 1.54) is 16.9 Å². The highest BCUT2D eigenvalue weighted by Crippen LogP contribution is 2.36. The molecule has 2 heterocycles. The van der Waals surface area contributed by atoms with Crippen molar-refractivity contribution in [2.24, 2.45) is 11.8 Å². The number of aromatic nitrogens is 1. The molecule has 0 saturated carbocycles. The number of nitrogens with one attached hydrogen (secondary N) is 1. The monoisotopic (exact) mass is 423 g/mol. The van der Waals surface area contributed by atoms with Crippen LogP contribution in [0.1, 0.15) is 36.5 Å². The standard InChI is InChI=1S/C23H25N3O3S/c1-12-9-13(2)19(14(3)10-12)18-11-30-23(24-18)25-20(27)15(4)26-21(28)16-7-5-6-8-17(16)22(26)29/h5-6,9-11,15-17H,7-8H2,1-4H3,(H,24,25,27)/t15-,16-,17+/m0/s1. The summed E-state index contributed by atoms with van der Waals surface area (Å²) >= 11 is 1.33. The number of nitrogens with zero attached hydrogens (tertiary/aromatic N) is 2. The van der Waals surface area contributed by atoms with Crippen molar-refractivity contribution in [3.05, 3.63) is 46.4 Å². The van der Waals surface area contributed by atoms with Gasteiger partial charge in [-0.05, 0) is 51.7 Å². The smallest absolute Gasteiger partial charge is 0.249 e. The lowest BCUT2D eigenvalue weighted by Crippen LogP contribution is -2.46. The van der Waals surface area contributed by atoms with Crippen LogP contribution < -0.4 is 5.32 Å². The summed E-state index contributed by atoms with van der Waals surface area (Å²) in [6.07, 6.45) is 5.00. The summed E-state index contributed by atoms with van der Waals surface area (Å²) in [6, 6.07) is 3.35. The fourth-order valence-electron chi connectivity index (χ4n) is 4.56. The maximum atomic E-state index is 12.8. The molecule has 0 bridgehead atoms. The van der Waals surface area contributed by atoms with Crippen molar-refractivity contribution in [2.45, 2.75) is 46.6 Å². The van der Waals surface area contributed by atoms with Gasteiger partial charge in [0.2, 0.25) is 17.7 Å². The van der Waals surface area contributed by atoms with Gasteiger partial charge in [0, 0.05) is 10.9 Å². The van der Waals surface area contributed by atoms with Gasteiger partial charge in [-0.1, -0.05) is 29.8 Å². The van der Waals surface area contributed by atoms with E-state index in [1.807, 2.05) is 31.4 Å². The average Bonchev–Trinajstić information content (AvgIpc) is 3.24. The number of imide groups is 1. The van der Waals surface area contributed by atoms with E-state index in [1.54, 1.807) is 6.92 Å². The van der Waals surface area contributed by atoms with Gasteiger partial charge in [-0.25, -0.2) is 4.98 Å². The molecule has 30 heavy (non-hydrogen) atoms. The van der Waals surface area contributed by atoms with Gasteiger partial charge in [-0.15, -0.1) is 11.3 Å². The Morgan fingerprint density at radius 1 is 1.10 bits per heavy atom. The molecule has 2 aliphatic rings. The van der Waals surface area contributed by atoms with E-state index in [0.717, 1.165) is 27.3 Å². The third kappa shape index (κ3) is 3.47. The summed E-state index contributed by atoms with van der Waals surface area (Å²) in [6.45, 7) is 7.76. The highest BCUT2D eigenvalue weighted by molar-refractivity contribution is 7.14. The van der Waals surface area contributed by atoms with Crippen LogP contribution in [0.5, 0.6) is 0 Å². The van der Waals surface area contributed by atoms with E-state index in [-0.39, 0.29) is 23.7 Å². The molecular weight excluding hydrogens is 398 g/mol. The molecule has 3 atom stereocenters. The van der Waals surface area contributed by atoms with Crippen molar-refractivity contribution in [3.63, 3.8) is 0 Å². The summed E-state index contributed by atoms with van der Waals surface area (Å²) in [7, 11) is 0. The van der Waals surface area contributed by atoms with Gasteiger partial charge in [0.25, 0.3) is 0 Å². The molecular formula is C23H25N3O3S. The van der Waals surface area contributed by atoms with E-state index < -0.39 is 11.9 Å². The summed E-state index contributed by atoms with van der Waals surface area (Å²) < 4.78 is 0. The Balaban J connectivity index is 1.50. The van der Waals surface area contributed by atoms with Crippen LogP contribution in [0.4, 0.5) is 5.13 Å². The number of hydrogen-bond donors (Lipinski definition) is 1. The van der Waals surface area contributed by atoms with Crippen molar-refractivity contribution in [2.75, 3.05) is 5.32 Å². The van der Waals surface area contributed by atoms with Crippen LogP contribution in [0.15, 0.2) is 29.7 Å². The number of allylic oxidation sites excluding steroid dienone is 2. The van der Waals surface area contributed by atoms with E-state index in [4.69, 9.17) is 0 Å². The molecule has 1 aliphatic carbocycles. The lowest BCUT2D eigenvalue weighted by molar-refractivity contribution is -0.146. The topological polar surface area (TPSA) is 79.4 Å². The van der Waals surface area contributed by atoms with Crippen LogP contribution in [-0.2, 0) is 14.4 Å². The predicted molar refractivity (Wildman–Crippen MR) is 117 cm³/mol. The van der Waals surface area contributed by atoms with Crippen molar-refractivity contribution >= 4 is 34.2 Å².